The van der Waals surface area contributed by atoms with Gasteiger partial charge in [-0.25, -0.2) is 0 Å². The minimum atomic E-state index is 0.338. The lowest BCUT2D eigenvalue weighted by Crippen LogP contribution is -2.23. The highest BCUT2D eigenvalue weighted by Crippen LogP contribution is 2.28. The summed E-state index contributed by atoms with van der Waals surface area (Å²) in [6.45, 7) is 3.11. The van der Waals surface area contributed by atoms with Crippen molar-refractivity contribution in [1.29, 1.82) is 0 Å². The molecular weight excluding hydrogens is 286 g/mol. The van der Waals surface area contributed by atoms with Crippen LogP contribution in [0.4, 0.5) is 0 Å². The number of rotatable bonds is 6. The van der Waals surface area contributed by atoms with Gasteiger partial charge in [0.1, 0.15) is 0 Å². The SMILES string of the molecule is CCNC(Cc1ccc(Cl)cc1)c1ccccc1SC. The van der Waals surface area contributed by atoms with Gasteiger partial charge in [0.05, 0.1) is 0 Å². The zero-order valence-corrected chi connectivity index (χ0v) is 13.5. The van der Waals surface area contributed by atoms with Gasteiger partial charge in [0, 0.05) is 16.0 Å². The molecule has 3 heteroatoms. The smallest absolute Gasteiger partial charge is 0.0406 e. The molecule has 1 unspecified atom stereocenters. The summed E-state index contributed by atoms with van der Waals surface area (Å²) in [5.74, 6) is 0. The zero-order valence-electron chi connectivity index (χ0n) is 11.9. The average molecular weight is 306 g/mol. The molecule has 1 N–H and O–H groups in total. The maximum atomic E-state index is 5.96. The summed E-state index contributed by atoms with van der Waals surface area (Å²) < 4.78 is 0. The molecule has 1 atom stereocenters. The molecular formula is C17H20ClNS. The lowest BCUT2D eigenvalue weighted by molar-refractivity contribution is 0.542. The van der Waals surface area contributed by atoms with Crippen LogP contribution in [0.15, 0.2) is 53.4 Å². The third-order valence-electron chi connectivity index (χ3n) is 3.32. The van der Waals surface area contributed by atoms with Crippen molar-refractivity contribution < 1.29 is 0 Å². The van der Waals surface area contributed by atoms with Crippen LogP contribution in [0.5, 0.6) is 0 Å². The van der Waals surface area contributed by atoms with Crippen LogP contribution in [-0.2, 0) is 6.42 Å². The topological polar surface area (TPSA) is 12.0 Å². The number of thioether (sulfide) groups is 1. The third-order valence-corrected chi connectivity index (χ3v) is 4.38. The Morgan fingerprint density at radius 3 is 2.45 bits per heavy atom. The van der Waals surface area contributed by atoms with Gasteiger partial charge >= 0.3 is 0 Å². The van der Waals surface area contributed by atoms with E-state index in [1.165, 1.54) is 16.0 Å². The molecule has 0 aliphatic carbocycles. The van der Waals surface area contributed by atoms with Crippen molar-refractivity contribution in [3.05, 3.63) is 64.7 Å². The Hall–Kier alpha value is -0.960. The quantitative estimate of drug-likeness (QED) is 0.757. The molecule has 2 aromatic carbocycles. The first kappa shape index (κ1) is 15.4. The maximum Gasteiger partial charge on any atom is 0.0406 e. The Kier molecular flexibility index (Phi) is 5.96. The van der Waals surface area contributed by atoms with Crippen LogP contribution in [0.3, 0.4) is 0 Å². The van der Waals surface area contributed by atoms with E-state index in [1.54, 1.807) is 11.8 Å². The second-order valence-corrected chi connectivity index (χ2v) is 5.97. The second kappa shape index (κ2) is 7.72. The number of hydrogen-bond donors (Lipinski definition) is 1. The minimum absolute atomic E-state index is 0.338. The average Bonchev–Trinajstić information content (AvgIpc) is 2.49. The van der Waals surface area contributed by atoms with Crippen molar-refractivity contribution in [2.24, 2.45) is 0 Å². The first-order valence-corrected chi connectivity index (χ1v) is 8.45. The van der Waals surface area contributed by atoms with Gasteiger partial charge in [-0.1, -0.05) is 48.9 Å². The van der Waals surface area contributed by atoms with Crippen molar-refractivity contribution in [2.75, 3.05) is 12.8 Å². The Bertz CT molecular complexity index is 539. The molecule has 0 spiro atoms. The van der Waals surface area contributed by atoms with Crippen LogP contribution in [0.2, 0.25) is 5.02 Å². The molecule has 0 amide bonds. The molecule has 2 aromatic rings. The van der Waals surface area contributed by atoms with Crippen molar-refractivity contribution >= 4 is 23.4 Å². The first-order chi connectivity index (χ1) is 9.74. The van der Waals surface area contributed by atoms with E-state index >= 15 is 0 Å². The molecule has 0 radical (unpaired) electrons. The fraction of sp³-hybridized carbons (Fsp3) is 0.294. The van der Waals surface area contributed by atoms with Crippen LogP contribution in [0.25, 0.3) is 0 Å². The van der Waals surface area contributed by atoms with Gasteiger partial charge in [-0.05, 0) is 48.5 Å². The summed E-state index contributed by atoms with van der Waals surface area (Å²) in [7, 11) is 0. The molecule has 0 aliphatic heterocycles. The largest absolute Gasteiger partial charge is 0.310 e. The number of nitrogens with one attached hydrogen (secondary N) is 1. The molecule has 2 rings (SSSR count). The fourth-order valence-corrected chi connectivity index (χ4v) is 3.14. The number of benzene rings is 2. The lowest BCUT2D eigenvalue weighted by atomic mass is 9.99. The monoisotopic (exact) mass is 305 g/mol. The molecule has 0 saturated carbocycles. The van der Waals surface area contributed by atoms with Crippen LogP contribution < -0.4 is 5.32 Å². The van der Waals surface area contributed by atoms with Gasteiger partial charge in [0.15, 0.2) is 0 Å². The van der Waals surface area contributed by atoms with E-state index in [0.29, 0.717) is 6.04 Å². The summed E-state index contributed by atoms with van der Waals surface area (Å²) in [6.07, 6.45) is 3.10. The van der Waals surface area contributed by atoms with Crippen LogP contribution in [0.1, 0.15) is 24.1 Å². The molecule has 0 fully saturated rings. The van der Waals surface area contributed by atoms with Gasteiger partial charge in [-0.15, -0.1) is 11.8 Å². The summed E-state index contributed by atoms with van der Waals surface area (Å²) >= 11 is 7.76. The van der Waals surface area contributed by atoms with E-state index in [0.717, 1.165) is 18.0 Å². The van der Waals surface area contributed by atoms with E-state index < -0.39 is 0 Å². The standard InChI is InChI=1S/C17H20ClNS/c1-3-19-16(12-13-8-10-14(18)11-9-13)15-6-4-5-7-17(15)20-2/h4-11,16,19H,3,12H2,1-2H3. The molecule has 20 heavy (non-hydrogen) atoms. The summed E-state index contributed by atoms with van der Waals surface area (Å²) in [4.78, 5) is 1.34. The molecule has 0 aromatic heterocycles. The van der Waals surface area contributed by atoms with Gasteiger partial charge in [-0.3, -0.25) is 0 Å². The van der Waals surface area contributed by atoms with Crippen LogP contribution in [0, 0.1) is 0 Å². The predicted molar refractivity (Wildman–Crippen MR) is 89.8 cm³/mol. The van der Waals surface area contributed by atoms with E-state index in [9.17, 15) is 0 Å². The number of halogens is 1. The molecule has 1 nitrogen and oxygen atoms in total. The minimum Gasteiger partial charge on any atom is -0.310 e. The van der Waals surface area contributed by atoms with Crippen molar-refractivity contribution in [3.8, 4) is 0 Å². The number of likely N-dealkylation sites (N-methyl/N-ethyl adjacent to an activating group) is 1. The second-order valence-electron chi connectivity index (χ2n) is 4.68. The van der Waals surface area contributed by atoms with Crippen molar-refractivity contribution in [2.45, 2.75) is 24.3 Å². The fourth-order valence-electron chi connectivity index (χ4n) is 2.35. The molecule has 0 aliphatic rings. The maximum absolute atomic E-state index is 5.96. The zero-order chi connectivity index (χ0) is 14.4. The summed E-state index contributed by atoms with van der Waals surface area (Å²) in [5.41, 5.74) is 2.67. The normalized spacial score (nSPS) is 12.3. The Labute approximate surface area is 130 Å². The molecule has 106 valence electrons. The first-order valence-electron chi connectivity index (χ1n) is 6.85. The van der Waals surface area contributed by atoms with Gasteiger partial charge in [0.2, 0.25) is 0 Å². The van der Waals surface area contributed by atoms with E-state index in [2.05, 4.69) is 54.9 Å². The third kappa shape index (κ3) is 4.02. The number of hydrogen-bond acceptors (Lipinski definition) is 2. The van der Waals surface area contributed by atoms with Gasteiger partial charge in [-0.2, -0.15) is 0 Å². The predicted octanol–water partition coefficient (Wildman–Crippen LogP) is 4.96. The van der Waals surface area contributed by atoms with E-state index in [1.807, 2.05) is 12.1 Å². The van der Waals surface area contributed by atoms with Crippen LogP contribution >= 0.6 is 23.4 Å². The Morgan fingerprint density at radius 2 is 1.80 bits per heavy atom. The lowest BCUT2D eigenvalue weighted by Gasteiger charge is -2.21. The summed E-state index contributed by atoms with van der Waals surface area (Å²) in [6, 6.07) is 17.1. The van der Waals surface area contributed by atoms with Crippen molar-refractivity contribution in [3.63, 3.8) is 0 Å². The van der Waals surface area contributed by atoms with E-state index in [-0.39, 0.29) is 0 Å². The highest BCUT2D eigenvalue weighted by atomic mass is 35.5. The van der Waals surface area contributed by atoms with Crippen molar-refractivity contribution in [1.82, 2.24) is 5.32 Å². The molecule has 0 saturated heterocycles. The molecule has 0 heterocycles. The molecule has 0 bridgehead atoms. The van der Waals surface area contributed by atoms with E-state index in [4.69, 9.17) is 11.6 Å². The Balaban J connectivity index is 2.24. The Morgan fingerprint density at radius 1 is 1.10 bits per heavy atom. The highest BCUT2D eigenvalue weighted by Gasteiger charge is 2.14. The highest BCUT2D eigenvalue weighted by molar-refractivity contribution is 7.98. The summed E-state index contributed by atoms with van der Waals surface area (Å²) in [5, 5.41) is 4.38. The van der Waals surface area contributed by atoms with Crippen LogP contribution in [-0.4, -0.2) is 12.8 Å². The van der Waals surface area contributed by atoms with Gasteiger partial charge < -0.3 is 5.32 Å². The van der Waals surface area contributed by atoms with Gasteiger partial charge in [0.25, 0.3) is 0 Å².